The van der Waals surface area contributed by atoms with Crippen LogP contribution >= 0.6 is 0 Å². The third-order valence-electron chi connectivity index (χ3n) is 2.46. The smallest absolute Gasteiger partial charge is 0.291 e. The molecule has 0 aliphatic carbocycles. The van der Waals surface area contributed by atoms with Gasteiger partial charge in [-0.05, 0) is 24.1 Å². The van der Waals surface area contributed by atoms with Crippen molar-refractivity contribution in [3.8, 4) is 0 Å². The highest BCUT2D eigenvalue weighted by Crippen LogP contribution is 2.01. The second kappa shape index (κ2) is 5.79. The largest absolute Gasteiger partial charge is 0.545 e. The van der Waals surface area contributed by atoms with Crippen LogP contribution in [0.5, 0.6) is 0 Å². The Morgan fingerprint density at radius 3 is 2.60 bits per heavy atom. The van der Waals surface area contributed by atoms with Crippen LogP contribution < -0.4 is 10.5 Å². The first kappa shape index (κ1) is 13.5. The fraction of sp³-hybridized carbons (Fsp3) is 0.0769. The van der Waals surface area contributed by atoms with Gasteiger partial charge in [0.2, 0.25) is 0 Å². The van der Waals surface area contributed by atoms with Crippen LogP contribution in [0.2, 0.25) is 0 Å². The summed E-state index contributed by atoms with van der Waals surface area (Å²) in [6, 6.07) is 7.50. The number of nitrogens with one attached hydrogen (secondary N) is 2. The zero-order valence-electron chi connectivity index (χ0n) is 10.6. The van der Waals surface area contributed by atoms with Crippen LogP contribution in [0, 0.1) is 6.92 Å². The van der Waals surface area contributed by atoms with Gasteiger partial charge in [0.15, 0.2) is 5.69 Å². The standard InChI is InChI=1S/C13H12N4O3/c1-8-6-11(16-15-8)12(18)17-14-7-9-2-4-10(5-3-9)13(19)20/h2-7H,1H3,(H,15,16)(H,17,18)(H,19,20)/p-1. The normalized spacial score (nSPS) is 10.7. The first-order valence-electron chi connectivity index (χ1n) is 5.73. The molecule has 2 aromatic rings. The van der Waals surface area contributed by atoms with Crippen LogP contribution in [0.3, 0.4) is 0 Å². The molecule has 0 spiro atoms. The first-order chi connectivity index (χ1) is 9.56. The number of aromatic carboxylic acids is 1. The van der Waals surface area contributed by atoms with E-state index in [0.29, 0.717) is 5.56 Å². The van der Waals surface area contributed by atoms with Crippen molar-refractivity contribution >= 4 is 18.1 Å². The molecule has 102 valence electrons. The summed E-state index contributed by atoms with van der Waals surface area (Å²) in [7, 11) is 0. The molecule has 1 aromatic heterocycles. The Labute approximate surface area is 114 Å². The van der Waals surface area contributed by atoms with E-state index in [9.17, 15) is 14.7 Å². The average Bonchev–Trinajstić information content (AvgIpc) is 2.86. The van der Waals surface area contributed by atoms with Crippen molar-refractivity contribution < 1.29 is 14.7 Å². The Hall–Kier alpha value is -2.96. The molecule has 0 saturated heterocycles. The Morgan fingerprint density at radius 1 is 1.35 bits per heavy atom. The van der Waals surface area contributed by atoms with Gasteiger partial charge in [-0.1, -0.05) is 24.3 Å². The Balaban J connectivity index is 1.96. The second-order valence-electron chi connectivity index (χ2n) is 4.04. The number of amides is 1. The number of aromatic nitrogens is 2. The maximum absolute atomic E-state index is 11.6. The molecular weight excluding hydrogens is 260 g/mol. The number of H-pyrrole nitrogens is 1. The van der Waals surface area contributed by atoms with E-state index in [1.165, 1.54) is 18.3 Å². The number of nitrogens with zero attached hydrogens (tertiary/aromatic N) is 2. The number of carbonyl (C=O) groups excluding carboxylic acids is 2. The number of aromatic amines is 1. The lowest BCUT2D eigenvalue weighted by Crippen LogP contribution is -2.22. The number of hydrogen-bond donors (Lipinski definition) is 2. The van der Waals surface area contributed by atoms with E-state index < -0.39 is 11.9 Å². The quantitative estimate of drug-likeness (QED) is 0.594. The van der Waals surface area contributed by atoms with Crippen molar-refractivity contribution in [2.45, 2.75) is 6.92 Å². The number of carbonyl (C=O) groups is 2. The first-order valence-corrected chi connectivity index (χ1v) is 5.73. The van der Waals surface area contributed by atoms with Crippen molar-refractivity contribution in [2.24, 2.45) is 5.10 Å². The molecule has 1 aromatic carbocycles. The zero-order chi connectivity index (χ0) is 14.5. The molecule has 2 rings (SSSR count). The number of hydrazone groups is 1. The molecule has 0 atom stereocenters. The van der Waals surface area contributed by atoms with Crippen molar-refractivity contribution in [2.75, 3.05) is 0 Å². The molecule has 7 heteroatoms. The number of rotatable bonds is 4. The van der Waals surface area contributed by atoms with Gasteiger partial charge in [-0.3, -0.25) is 9.89 Å². The van der Waals surface area contributed by atoms with Crippen LogP contribution in [0.25, 0.3) is 0 Å². The van der Waals surface area contributed by atoms with E-state index in [0.717, 1.165) is 5.69 Å². The molecule has 1 heterocycles. The van der Waals surface area contributed by atoms with Gasteiger partial charge in [-0.15, -0.1) is 0 Å². The van der Waals surface area contributed by atoms with Crippen LogP contribution in [0.15, 0.2) is 35.4 Å². The summed E-state index contributed by atoms with van der Waals surface area (Å²) in [6.07, 6.45) is 1.40. The summed E-state index contributed by atoms with van der Waals surface area (Å²) in [5.41, 5.74) is 4.06. The number of carboxylic acids is 1. The molecule has 0 fully saturated rings. The Morgan fingerprint density at radius 2 is 2.05 bits per heavy atom. The minimum Gasteiger partial charge on any atom is -0.545 e. The van der Waals surface area contributed by atoms with Crippen LogP contribution in [-0.2, 0) is 0 Å². The molecule has 7 nitrogen and oxygen atoms in total. The maximum atomic E-state index is 11.6. The molecule has 0 aliphatic heterocycles. The Bertz CT molecular complexity index is 659. The summed E-state index contributed by atoms with van der Waals surface area (Å²) >= 11 is 0. The van der Waals surface area contributed by atoms with E-state index in [-0.39, 0.29) is 11.3 Å². The molecule has 0 saturated carbocycles. The third-order valence-corrected chi connectivity index (χ3v) is 2.46. The van der Waals surface area contributed by atoms with Crippen molar-refractivity contribution in [1.82, 2.24) is 15.6 Å². The molecule has 0 bridgehead atoms. The van der Waals surface area contributed by atoms with Gasteiger partial charge < -0.3 is 9.90 Å². The highest BCUT2D eigenvalue weighted by Gasteiger charge is 2.07. The van der Waals surface area contributed by atoms with E-state index in [1.54, 1.807) is 25.1 Å². The van der Waals surface area contributed by atoms with Crippen molar-refractivity contribution in [1.29, 1.82) is 0 Å². The molecule has 0 radical (unpaired) electrons. The molecule has 2 N–H and O–H groups in total. The van der Waals surface area contributed by atoms with Gasteiger partial charge in [-0.2, -0.15) is 10.2 Å². The lowest BCUT2D eigenvalue weighted by Gasteiger charge is -2.01. The van der Waals surface area contributed by atoms with E-state index in [4.69, 9.17) is 0 Å². The number of aryl methyl sites for hydroxylation is 1. The van der Waals surface area contributed by atoms with Crippen LogP contribution in [-0.4, -0.2) is 28.3 Å². The predicted molar refractivity (Wildman–Crippen MR) is 69.2 cm³/mol. The van der Waals surface area contributed by atoms with E-state index >= 15 is 0 Å². The summed E-state index contributed by atoms with van der Waals surface area (Å²) in [5.74, 6) is -1.67. The molecule has 0 aliphatic rings. The monoisotopic (exact) mass is 271 g/mol. The molecule has 0 unspecified atom stereocenters. The van der Waals surface area contributed by atoms with Crippen LogP contribution in [0.1, 0.15) is 32.1 Å². The highest BCUT2D eigenvalue weighted by molar-refractivity contribution is 5.93. The van der Waals surface area contributed by atoms with Gasteiger partial charge in [-0.25, -0.2) is 5.43 Å². The molecule has 20 heavy (non-hydrogen) atoms. The number of carboxylic acid groups (broad SMARTS) is 1. The molecule has 1 amide bonds. The Kier molecular flexibility index (Phi) is 3.90. The summed E-state index contributed by atoms with van der Waals surface area (Å²) in [6.45, 7) is 1.78. The summed E-state index contributed by atoms with van der Waals surface area (Å²) < 4.78 is 0. The van der Waals surface area contributed by atoms with E-state index in [1.807, 2.05) is 0 Å². The van der Waals surface area contributed by atoms with Crippen LogP contribution in [0.4, 0.5) is 0 Å². The fourth-order valence-corrected chi connectivity index (χ4v) is 1.46. The summed E-state index contributed by atoms with van der Waals surface area (Å²) in [4.78, 5) is 22.2. The van der Waals surface area contributed by atoms with E-state index in [2.05, 4.69) is 20.7 Å². The summed E-state index contributed by atoms with van der Waals surface area (Å²) in [5, 5.41) is 20.8. The van der Waals surface area contributed by atoms with Gasteiger partial charge in [0.25, 0.3) is 5.91 Å². The van der Waals surface area contributed by atoms with Gasteiger partial charge in [0, 0.05) is 5.69 Å². The van der Waals surface area contributed by atoms with Crippen molar-refractivity contribution in [3.63, 3.8) is 0 Å². The fourth-order valence-electron chi connectivity index (χ4n) is 1.46. The molecular formula is C13H11N4O3-. The average molecular weight is 271 g/mol. The van der Waals surface area contributed by atoms with Crippen molar-refractivity contribution in [3.05, 3.63) is 52.8 Å². The lowest BCUT2D eigenvalue weighted by atomic mass is 10.1. The van der Waals surface area contributed by atoms with Gasteiger partial charge >= 0.3 is 0 Å². The SMILES string of the molecule is Cc1cc(C(=O)NN=Cc2ccc(C(=O)[O-])cc2)n[nH]1. The topological polar surface area (TPSA) is 110 Å². The second-order valence-corrected chi connectivity index (χ2v) is 4.04. The zero-order valence-corrected chi connectivity index (χ0v) is 10.6. The lowest BCUT2D eigenvalue weighted by molar-refractivity contribution is -0.255. The maximum Gasteiger partial charge on any atom is 0.291 e. The predicted octanol–water partition coefficient (Wildman–Crippen LogP) is -0.154. The minimum absolute atomic E-state index is 0.0817. The number of benzene rings is 1. The van der Waals surface area contributed by atoms with Gasteiger partial charge in [0.05, 0.1) is 12.2 Å². The minimum atomic E-state index is -1.24. The third kappa shape index (κ3) is 3.29. The number of hydrogen-bond acceptors (Lipinski definition) is 5. The highest BCUT2D eigenvalue weighted by atomic mass is 16.4. The van der Waals surface area contributed by atoms with Gasteiger partial charge in [0.1, 0.15) is 0 Å².